The Morgan fingerprint density at radius 2 is 2.43 bits per heavy atom. The minimum Gasteiger partial charge on any atom is -0.354 e. The van der Waals surface area contributed by atoms with Gasteiger partial charge in [0.05, 0.1) is 5.54 Å². The number of nitrogens with one attached hydrogen (secondary N) is 2. The quantitative estimate of drug-likeness (QED) is 0.588. The van der Waals surface area contributed by atoms with Gasteiger partial charge in [-0.2, -0.15) is 5.10 Å². The van der Waals surface area contributed by atoms with Crippen molar-refractivity contribution in [2.75, 3.05) is 6.54 Å². The van der Waals surface area contributed by atoms with Gasteiger partial charge in [0.2, 0.25) is 5.91 Å². The molecule has 0 aliphatic carbocycles. The van der Waals surface area contributed by atoms with Crippen LogP contribution in [0, 0.1) is 0 Å². The van der Waals surface area contributed by atoms with Gasteiger partial charge in [0.15, 0.2) is 0 Å². The summed E-state index contributed by atoms with van der Waals surface area (Å²) in [6.07, 6.45) is 2.06. The molecule has 0 fully saturated rings. The van der Waals surface area contributed by atoms with Crippen molar-refractivity contribution in [3.63, 3.8) is 0 Å². The van der Waals surface area contributed by atoms with Gasteiger partial charge in [0.1, 0.15) is 12.2 Å². The van der Waals surface area contributed by atoms with E-state index in [0.29, 0.717) is 13.0 Å². The normalized spacial score (nSPS) is 11.4. The lowest BCUT2D eigenvalue weighted by atomic mass is 10.1. The lowest BCUT2D eigenvalue weighted by Gasteiger charge is -2.17. The Morgan fingerprint density at radius 3 is 2.93 bits per heavy atom. The Kier molecular flexibility index (Phi) is 3.19. The van der Waals surface area contributed by atoms with Crippen LogP contribution in [0.5, 0.6) is 0 Å². The third-order valence-electron chi connectivity index (χ3n) is 1.70. The van der Waals surface area contributed by atoms with Crippen LogP contribution in [0.4, 0.5) is 0 Å². The van der Waals surface area contributed by atoms with E-state index >= 15 is 0 Å². The van der Waals surface area contributed by atoms with Gasteiger partial charge < -0.3 is 11.1 Å². The Morgan fingerprint density at radius 1 is 1.71 bits per heavy atom. The highest BCUT2D eigenvalue weighted by Crippen LogP contribution is 1.95. The SMILES string of the molecule is CC(C)(N)C(=O)NCCc1ncn[nH]1. The summed E-state index contributed by atoms with van der Waals surface area (Å²) in [7, 11) is 0. The van der Waals surface area contributed by atoms with Crippen molar-refractivity contribution in [1.82, 2.24) is 20.5 Å². The van der Waals surface area contributed by atoms with Gasteiger partial charge in [0, 0.05) is 13.0 Å². The summed E-state index contributed by atoms with van der Waals surface area (Å²) in [6, 6.07) is 0. The first kappa shape index (κ1) is 10.6. The van der Waals surface area contributed by atoms with Crippen molar-refractivity contribution in [1.29, 1.82) is 0 Å². The van der Waals surface area contributed by atoms with Crippen LogP contribution in [0.25, 0.3) is 0 Å². The fourth-order valence-electron chi connectivity index (χ4n) is 0.873. The molecule has 14 heavy (non-hydrogen) atoms. The molecule has 0 spiro atoms. The van der Waals surface area contributed by atoms with E-state index in [1.807, 2.05) is 0 Å². The molecule has 0 aliphatic heterocycles. The van der Waals surface area contributed by atoms with Gasteiger partial charge in [-0.25, -0.2) is 4.98 Å². The number of amides is 1. The van der Waals surface area contributed by atoms with Crippen molar-refractivity contribution in [3.05, 3.63) is 12.2 Å². The lowest BCUT2D eigenvalue weighted by molar-refractivity contribution is -0.125. The summed E-state index contributed by atoms with van der Waals surface area (Å²) in [5, 5.41) is 9.11. The number of carbonyl (C=O) groups excluding carboxylic acids is 1. The Balaban J connectivity index is 2.26. The molecule has 0 aliphatic rings. The first-order valence-corrected chi connectivity index (χ1v) is 4.41. The number of nitrogens with two attached hydrogens (primary N) is 1. The molecule has 0 atom stereocenters. The van der Waals surface area contributed by atoms with Crippen molar-refractivity contribution in [3.8, 4) is 0 Å². The number of aromatic amines is 1. The molecule has 1 aromatic heterocycles. The van der Waals surface area contributed by atoms with Crippen LogP contribution in [0.15, 0.2) is 6.33 Å². The number of hydrogen-bond acceptors (Lipinski definition) is 4. The summed E-state index contributed by atoms with van der Waals surface area (Å²) in [5.74, 6) is 0.581. The van der Waals surface area contributed by atoms with Gasteiger partial charge in [0.25, 0.3) is 0 Å². The molecule has 0 bridgehead atoms. The first-order valence-electron chi connectivity index (χ1n) is 4.41. The van der Waals surface area contributed by atoms with Crippen LogP contribution in [0.3, 0.4) is 0 Å². The van der Waals surface area contributed by atoms with Crippen molar-refractivity contribution < 1.29 is 4.79 Å². The number of rotatable bonds is 4. The van der Waals surface area contributed by atoms with Crippen LogP contribution in [0.2, 0.25) is 0 Å². The van der Waals surface area contributed by atoms with E-state index in [1.165, 1.54) is 6.33 Å². The van der Waals surface area contributed by atoms with E-state index < -0.39 is 5.54 Å². The van der Waals surface area contributed by atoms with Gasteiger partial charge in [-0.15, -0.1) is 0 Å². The maximum Gasteiger partial charge on any atom is 0.239 e. The Labute approximate surface area is 82.3 Å². The number of nitrogens with zero attached hydrogens (tertiary/aromatic N) is 2. The van der Waals surface area contributed by atoms with Crippen LogP contribution < -0.4 is 11.1 Å². The molecule has 0 radical (unpaired) electrons. The minimum atomic E-state index is -0.832. The van der Waals surface area contributed by atoms with E-state index in [9.17, 15) is 4.79 Å². The molecule has 4 N–H and O–H groups in total. The van der Waals surface area contributed by atoms with E-state index in [4.69, 9.17) is 5.73 Å². The zero-order valence-electron chi connectivity index (χ0n) is 8.37. The van der Waals surface area contributed by atoms with Gasteiger partial charge in [-0.1, -0.05) is 0 Å². The molecule has 0 aromatic carbocycles. The second kappa shape index (κ2) is 4.19. The molecule has 0 saturated carbocycles. The van der Waals surface area contributed by atoms with Crippen LogP contribution in [-0.4, -0.2) is 33.2 Å². The predicted octanol–water partition coefficient (Wildman–Crippen LogP) is -0.799. The molecule has 6 nitrogen and oxygen atoms in total. The lowest BCUT2D eigenvalue weighted by Crippen LogP contribution is -2.49. The van der Waals surface area contributed by atoms with E-state index in [2.05, 4.69) is 20.5 Å². The number of H-pyrrole nitrogens is 1. The molecule has 1 rings (SSSR count). The summed E-state index contributed by atoms with van der Waals surface area (Å²) < 4.78 is 0. The maximum absolute atomic E-state index is 11.3. The van der Waals surface area contributed by atoms with E-state index in [-0.39, 0.29) is 5.91 Å². The molecule has 0 saturated heterocycles. The number of aromatic nitrogens is 3. The van der Waals surface area contributed by atoms with Crippen LogP contribution in [0.1, 0.15) is 19.7 Å². The summed E-state index contributed by atoms with van der Waals surface area (Å²) in [4.78, 5) is 15.2. The minimum absolute atomic E-state index is 0.169. The third-order valence-corrected chi connectivity index (χ3v) is 1.70. The summed E-state index contributed by atoms with van der Waals surface area (Å²) >= 11 is 0. The topological polar surface area (TPSA) is 96.7 Å². The number of carbonyl (C=O) groups is 1. The zero-order chi connectivity index (χ0) is 10.6. The zero-order valence-corrected chi connectivity index (χ0v) is 8.37. The molecule has 1 heterocycles. The first-order chi connectivity index (χ1) is 6.50. The Hall–Kier alpha value is -1.43. The van der Waals surface area contributed by atoms with Crippen molar-refractivity contribution in [2.45, 2.75) is 25.8 Å². The molecule has 1 amide bonds. The van der Waals surface area contributed by atoms with Gasteiger partial charge in [-0.05, 0) is 13.8 Å². The second-order valence-corrected chi connectivity index (χ2v) is 3.66. The van der Waals surface area contributed by atoms with Crippen molar-refractivity contribution >= 4 is 5.91 Å². The third kappa shape index (κ3) is 3.14. The number of hydrogen-bond donors (Lipinski definition) is 3. The fraction of sp³-hybridized carbons (Fsp3) is 0.625. The maximum atomic E-state index is 11.3. The molecule has 1 aromatic rings. The predicted molar refractivity (Wildman–Crippen MR) is 51.4 cm³/mol. The van der Waals surface area contributed by atoms with Crippen molar-refractivity contribution in [2.24, 2.45) is 5.73 Å². The van der Waals surface area contributed by atoms with Crippen LogP contribution >= 0.6 is 0 Å². The molecule has 0 unspecified atom stereocenters. The average molecular weight is 197 g/mol. The molecular formula is C8H15N5O. The monoisotopic (exact) mass is 197 g/mol. The molecule has 78 valence electrons. The van der Waals surface area contributed by atoms with E-state index in [0.717, 1.165) is 5.82 Å². The van der Waals surface area contributed by atoms with E-state index in [1.54, 1.807) is 13.8 Å². The highest BCUT2D eigenvalue weighted by molar-refractivity contribution is 5.84. The fourth-order valence-corrected chi connectivity index (χ4v) is 0.873. The van der Waals surface area contributed by atoms with Crippen LogP contribution in [-0.2, 0) is 11.2 Å². The Bertz CT molecular complexity index is 287. The smallest absolute Gasteiger partial charge is 0.239 e. The standard InChI is InChI=1S/C8H15N5O/c1-8(2,9)7(14)10-4-3-6-11-5-12-13-6/h5H,3-4,9H2,1-2H3,(H,10,14)(H,11,12,13). The average Bonchev–Trinajstić information content (AvgIpc) is 2.55. The van der Waals surface area contributed by atoms with Gasteiger partial charge in [-0.3, -0.25) is 9.89 Å². The highest BCUT2D eigenvalue weighted by Gasteiger charge is 2.20. The summed E-state index contributed by atoms with van der Waals surface area (Å²) in [5.41, 5.74) is 4.76. The highest BCUT2D eigenvalue weighted by atomic mass is 16.2. The van der Waals surface area contributed by atoms with Gasteiger partial charge >= 0.3 is 0 Å². The second-order valence-electron chi connectivity index (χ2n) is 3.66. The largest absolute Gasteiger partial charge is 0.354 e. The molecule has 6 heteroatoms. The molecular weight excluding hydrogens is 182 g/mol. The summed E-state index contributed by atoms with van der Waals surface area (Å²) in [6.45, 7) is 3.84.